The standard InChI is InChI=1S/C49H87O13P/c1-3-5-7-9-11-13-15-17-19-21-22-24-26-28-30-32-34-36-38-43(51)61-41(40-60-63(57,58)62-49-47(55)45(53)44(52)46(54)48(49)56)39-59-42(50)37-35-33-31-29-27-25-23-20-18-16-14-12-10-8-6-4-2/h13-16,19-21,23,41,44-49,52-56H,3-12,17-18,22,24-40H2,1-2H3,(H,57,58)/b15-13-,16-14-,21-19-,23-20-. The van der Waals surface area contributed by atoms with Crippen LogP contribution in [0.3, 0.4) is 0 Å². The highest BCUT2D eigenvalue weighted by atomic mass is 31.2. The topological polar surface area (TPSA) is 210 Å². The third-order valence-corrected chi connectivity index (χ3v) is 12.1. The molecule has 63 heavy (non-hydrogen) atoms. The molecule has 0 aromatic rings. The van der Waals surface area contributed by atoms with Crippen molar-refractivity contribution < 1.29 is 63.1 Å². The van der Waals surface area contributed by atoms with Gasteiger partial charge in [0.15, 0.2) is 6.10 Å². The first kappa shape index (κ1) is 58.8. The van der Waals surface area contributed by atoms with Crippen LogP contribution in [0.2, 0.25) is 0 Å². The Hall–Kier alpha value is -2.19. The van der Waals surface area contributed by atoms with Crippen LogP contribution in [0.25, 0.3) is 0 Å². The molecule has 1 aliphatic carbocycles. The van der Waals surface area contributed by atoms with Crippen LogP contribution in [0.15, 0.2) is 48.6 Å². The van der Waals surface area contributed by atoms with Gasteiger partial charge >= 0.3 is 19.8 Å². The van der Waals surface area contributed by atoms with Crippen molar-refractivity contribution in [2.75, 3.05) is 13.2 Å². The van der Waals surface area contributed by atoms with E-state index in [4.69, 9.17) is 18.5 Å². The first-order valence-electron chi connectivity index (χ1n) is 24.4. The van der Waals surface area contributed by atoms with Crippen molar-refractivity contribution in [3.63, 3.8) is 0 Å². The van der Waals surface area contributed by atoms with Crippen molar-refractivity contribution in [3.8, 4) is 0 Å². The number of aliphatic hydroxyl groups excluding tert-OH is 5. The van der Waals surface area contributed by atoms with Crippen LogP contribution in [0.1, 0.15) is 194 Å². The summed E-state index contributed by atoms with van der Waals surface area (Å²) in [6.45, 7) is 3.25. The number of allylic oxidation sites excluding steroid dienone is 8. The molecule has 1 aliphatic rings. The largest absolute Gasteiger partial charge is 0.472 e. The summed E-state index contributed by atoms with van der Waals surface area (Å²) in [6.07, 6.45) is 32.9. The van der Waals surface area contributed by atoms with Crippen molar-refractivity contribution in [1.82, 2.24) is 0 Å². The summed E-state index contributed by atoms with van der Waals surface area (Å²) < 4.78 is 33.6. The Morgan fingerprint density at radius 2 is 0.857 bits per heavy atom. The molecule has 6 unspecified atom stereocenters. The van der Waals surface area contributed by atoms with Crippen LogP contribution in [-0.4, -0.2) is 98.3 Å². The molecule has 1 rings (SSSR count). The molecular weight excluding hydrogens is 828 g/mol. The molecule has 366 valence electrons. The SMILES string of the molecule is CCCCCC/C=C\C/C=C\CCCCCCCCCC(=O)OC(COC(=O)CCCCCCC/C=C\C/C=C\CCCCCC)COP(=O)(O)OC1C(O)C(O)C(O)C(O)C1O. The fraction of sp³-hybridized carbons (Fsp3) is 0.796. The van der Waals surface area contributed by atoms with Crippen molar-refractivity contribution in [1.29, 1.82) is 0 Å². The minimum atomic E-state index is -5.13. The summed E-state index contributed by atoms with van der Waals surface area (Å²) in [5.41, 5.74) is 0. The maximum atomic E-state index is 12.8. The zero-order chi connectivity index (χ0) is 46.4. The number of carbonyl (C=O) groups excluding carboxylic acids is 2. The molecule has 6 atom stereocenters. The molecule has 14 heteroatoms. The van der Waals surface area contributed by atoms with Crippen molar-refractivity contribution >= 4 is 19.8 Å². The number of unbranched alkanes of at least 4 members (excludes halogenated alkanes) is 20. The fourth-order valence-electron chi connectivity index (χ4n) is 7.17. The third-order valence-electron chi connectivity index (χ3n) is 11.1. The smallest absolute Gasteiger partial charge is 0.462 e. The molecule has 1 saturated carbocycles. The average molecular weight is 915 g/mol. The lowest BCUT2D eigenvalue weighted by Crippen LogP contribution is -2.64. The van der Waals surface area contributed by atoms with Gasteiger partial charge in [-0.1, -0.05) is 152 Å². The Bertz CT molecular complexity index is 1290. The lowest BCUT2D eigenvalue weighted by Gasteiger charge is -2.41. The highest BCUT2D eigenvalue weighted by Gasteiger charge is 2.51. The molecule has 0 heterocycles. The minimum Gasteiger partial charge on any atom is -0.462 e. The monoisotopic (exact) mass is 915 g/mol. The summed E-state index contributed by atoms with van der Waals surface area (Å²) in [6, 6.07) is 0. The van der Waals surface area contributed by atoms with Crippen LogP contribution in [0.4, 0.5) is 0 Å². The van der Waals surface area contributed by atoms with Crippen LogP contribution in [0, 0.1) is 0 Å². The second kappa shape index (κ2) is 39.0. The first-order valence-corrected chi connectivity index (χ1v) is 25.9. The highest BCUT2D eigenvalue weighted by molar-refractivity contribution is 7.47. The molecular formula is C49H87O13P. The van der Waals surface area contributed by atoms with Gasteiger partial charge in [-0.15, -0.1) is 0 Å². The van der Waals surface area contributed by atoms with Gasteiger partial charge in [0.2, 0.25) is 0 Å². The summed E-state index contributed by atoms with van der Waals surface area (Å²) in [5, 5.41) is 50.2. The van der Waals surface area contributed by atoms with E-state index < -0.39 is 75.7 Å². The molecule has 0 saturated heterocycles. The van der Waals surface area contributed by atoms with Crippen molar-refractivity contribution in [2.45, 2.75) is 236 Å². The van der Waals surface area contributed by atoms with Gasteiger partial charge in [-0.3, -0.25) is 18.6 Å². The number of ether oxygens (including phenoxy) is 2. The Morgan fingerprint density at radius 3 is 1.29 bits per heavy atom. The van der Waals surface area contributed by atoms with Gasteiger partial charge < -0.3 is 39.9 Å². The molecule has 1 fully saturated rings. The zero-order valence-corrected chi connectivity index (χ0v) is 39.8. The molecule has 6 N–H and O–H groups in total. The maximum Gasteiger partial charge on any atom is 0.472 e. The average Bonchev–Trinajstić information content (AvgIpc) is 3.26. The van der Waals surface area contributed by atoms with Crippen LogP contribution in [0.5, 0.6) is 0 Å². The fourth-order valence-corrected chi connectivity index (χ4v) is 8.14. The van der Waals surface area contributed by atoms with E-state index in [0.717, 1.165) is 96.3 Å². The predicted molar refractivity (Wildman–Crippen MR) is 249 cm³/mol. The number of hydrogen-bond donors (Lipinski definition) is 6. The highest BCUT2D eigenvalue weighted by Crippen LogP contribution is 2.47. The van der Waals surface area contributed by atoms with E-state index in [0.29, 0.717) is 12.8 Å². The van der Waals surface area contributed by atoms with Gasteiger partial charge in [-0.25, -0.2) is 4.57 Å². The lowest BCUT2D eigenvalue weighted by atomic mass is 9.85. The van der Waals surface area contributed by atoms with Gasteiger partial charge in [0, 0.05) is 12.8 Å². The third kappa shape index (κ3) is 31.4. The van der Waals surface area contributed by atoms with E-state index in [1.807, 2.05) is 0 Å². The number of carbonyl (C=O) groups is 2. The van der Waals surface area contributed by atoms with Crippen molar-refractivity contribution in [2.24, 2.45) is 0 Å². The summed E-state index contributed by atoms with van der Waals surface area (Å²) in [4.78, 5) is 35.8. The second-order valence-corrected chi connectivity index (χ2v) is 18.4. The van der Waals surface area contributed by atoms with Crippen molar-refractivity contribution in [3.05, 3.63) is 48.6 Å². The number of esters is 2. The molecule has 0 aromatic heterocycles. The molecule has 0 bridgehead atoms. The number of aliphatic hydroxyl groups is 5. The number of phosphoric acid groups is 1. The molecule has 0 spiro atoms. The van der Waals surface area contributed by atoms with E-state index in [1.165, 1.54) is 57.8 Å². The predicted octanol–water partition coefficient (Wildman–Crippen LogP) is 9.95. The summed E-state index contributed by atoms with van der Waals surface area (Å²) in [7, 11) is -5.13. The van der Waals surface area contributed by atoms with Crippen LogP contribution in [-0.2, 0) is 32.7 Å². The Labute approximate surface area is 380 Å². The zero-order valence-electron chi connectivity index (χ0n) is 38.9. The van der Waals surface area contributed by atoms with E-state index in [1.54, 1.807) is 0 Å². The minimum absolute atomic E-state index is 0.0836. The van der Waals surface area contributed by atoms with Crippen LogP contribution < -0.4 is 0 Å². The van der Waals surface area contributed by atoms with Crippen LogP contribution >= 0.6 is 7.82 Å². The first-order chi connectivity index (χ1) is 30.4. The normalized spacial score (nSPS) is 22.1. The molecule has 0 aliphatic heterocycles. The summed E-state index contributed by atoms with van der Waals surface area (Å²) in [5.74, 6) is -1.12. The van der Waals surface area contributed by atoms with E-state index in [9.17, 15) is 44.6 Å². The molecule has 0 radical (unpaired) electrons. The van der Waals surface area contributed by atoms with Gasteiger partial charge in [-0.05, 0) is 77.0 Å². The number of phosphoric ester groups is 1. The van der Waals surface area contributed by atoms with Gasteiger partial charge in [0.05, 0.1) is 6.61 Å². The molecule has 13 nitrogen and oxygen atoms in total. The Kier molecular flexibility index (Phi) is 36.4. The van der Waals surface area contributed by atoms with Gasteiger partial charge in [0.25, 0.3) is 0 Å². The second-order valence-electron chi connectivity index (χ2n) is 17.0. The van der Waals surface area contributed by atoms with E-state index >= 15 is 0 Å². The number of rotatable bonds is 40. The summed E-state index contributed by atoms with van der Waals surface area (Å²) >= 11 is 0. The van der Waals surface area contributed by atoms with E-state index in [-0.39, 0.29) is 12.8 Å². The van der Waals surface area contributed by atoms with Gasteiger partial charge in [0.1, 0.15) is 43.2 Å². The lowest BCUT2D eigenvalue weighted by molar-refractivity contribution is -0.220. The number of hydrogen-bond acceptors (Lipinski definition) is 12. The van der Waals surface area contributed by atoms with Gasteiger partial charge in [-0.2, -0.15) is 0 Å². The van der Waals surface area contributed by atoms with E-state index in [2.05, 4.69) is 62.5 Å². The quantitative estimate of drug-likeness (QED) is 0.0147. The molecule has 0 amide bonds. The maximum absolute atomic E-state index is 12.8. The Balaban J connectivity index is 2.45. The Morgan fingerprint density at radius 1 is 0.492 bits per heavy atom. The molecule has 0 aromatic carbocycles.